The Labute approximate surface area is 125 Å². The molecule has 0 amide bonds. The highest BCUT2D eigenvalue weighted by Gasteiger charge is 2.36. The minimum atomic E-state index is -1.03. The zero-order valence-electron chi connectivity index (χ0n) is 12.2. The van der Waals surface area contributed by atoms with Gasteiger partial charge in [0.1, 0.15) is 6.10 Å². The third kappa shape index (κ3) is 6.74. The number of thioether (sulfide) groups is 1. The number of rotatable bonds is 10. The van der Waals surface area contributed by atoms with Crippen LogP contribution in [-0.4, -0.2) is 64.6 Å². The van der Waals surface area contributed by atoms with Gasteiger partial charge in [-0.1, -0.05) is 13.3 Å². The molecule has 2 unspecified atom stereocenters. The Balaban J connectivity index is 2.07. The van der Waals surface area contributed by atoms with Crippen molar-refractivity contribution in [2.45, 2.75) is 63.6 Å². The summed E-state index contributed by atoms with van der Waals surface area (Å²) in [5.74, 6) is 2.34. The second kappa shape index (κ2) is 10.8. The molecule has 4 atom stereocenters. The van der Waals surface area contributed by atoms with E-state index in [0.29, 0.717) is 6.61 Å². The summed E-state index contributed by atoms with van der Waals surface area (Å²) in [6, 6.07) is 0. The molecule has 1 rings (SSSR count). The van der Waals surface area contributed by atoms with Crippen LogP contribution in [0.25, 0.3) is 0 Å². The molecule has 1 heterocycles. The first kappa shape index (κ1) is 18.2. The summed E-state index contributed by atoms with van der Waals surface area (Å²) in [5, 5.41) is 28.5. The smallest absolute Gasteiger partial charge is 0.186 e. The van der Waals surface area contributed by atoms with Crippen LogP contribution < -0.4 is 0 Å². The largest absolute Gasteiger partial charge is 0.394 e. The maximum absolute atomic E-state index is 9.76. The van der Waals surface area contributed by atoms with Crippen molar-refractivity contribution in [2.75, 3.05) is 24.7 Å². The van der Waals surface area contributed by atoms with Crippen LogP contribution in [0.3, 0.4) is 0 Å². The van der Waals surface area contributed by atoms with E-state index in [2.05, 4.69) is 6.92 Å². The lowest BCUT2D eigenvalue weighted by molar-refractivity contribution is -0.271. The lowest BCUT2D eigenvalue weighted by Crippen LogP contribution is -2.50. The first-order valence-corrected chi connectivity index (χ1v) is 8.66. The minimum absolute atomic E-state index is 0.169. The molecule has 0 aromatic carbocycles. The number of unbranched alkanes of at least 4 members (excludes halogenated alkanes) is 2. The van der Waals surface area contributed by atoms with Crippen molar-refractivity contribution in [1.29, 1.82) is 0 Å². The van der Waals surface area contributed by atoms with Gasteiger partial charge < -0.3 is 24.8 Å². The monoisotopic (exact) mass is 308 g/mol. The van der Waals surface area contributed by atoms with Gasteiger partial charge in [-0.2, -0.15) is 11.8 Å². The highest BCUT2D eigenvalue weighted by Crippen LogP contribution is 2.21. The molecule has 1 aliphatic rings. The standard InChI is InChI=1S/C14H28O5S/c1-2-3-7-20-8-5-4-6-18-14-13(17)12(16)9-11(10-15)19-14/h11-17H,2-10H2,1H3/t11?,12-,13?,14+/m0/s1. The van der Waals surface area contributed by atoms with Crippen molar-refractivity contribution in [1.82, 2.24) is 0 Å². The van der Waals surface area contributed by atoms with E-state index in [4.69, 9.17) is 14.6 Å². The van der Waals surface area contributed by atoms with Gasteiger partial charge >= 0.3 is 0 Å². The van der Waals surface area contributed by atoms with Crippen molar-refractivity contribution < 1.29 is 24.8 Å². The van der Waals surface area contributed by atoms with Crippen LogP contribution in [0.4, 0.5) is 0 Å². The van der Waals surface area contributed by atoms with Gasteiger partial charge in [-0.25, -0.2) is 0 Å². The normalized spacial score (nSPS) is 30.6. The molecule has 0 aliphatic carbocycles. The van der Waals surface area contributed by atoms with Crippen molar-refractivity contribution in [3.63, 3.8) is 0 Å². The molecule has 0 bridgehead atoms. The number of ether oxygens (including phenoxy) is 2. The van der Waals surface area contributed by atoms with Crippen LogP contribution in [0, 0.1) is 0 Å². The molecule has 1 fully saturated rings. The average molecular weight is 308 g/mol. The molecular formula is C14H28O5S. The maximum atomic E-state index is 9.76. The second-order valence-electron chi connectivity index (χ2n) is 5.15. The Bertz CT molecular complexity index is 242. The third-order valence-electron chi connectivity index (χ3n) is 3.32. The first-order chi connectivity index (χ1) is 9.69. The van der Waals surface area contributed by atoms with Gasteiger partial charge in [-0.15, -0.1) is 0 Å². The molecule has 1 aliphatic heterocycles. The van der Waals surface area contributed by atoms with Crippen molar-refractivity contribution in [3.8, 4) is 0 Å². The lowest BCUT2D eigenvalue weighted by Gasteiger charge is -2.36. The summed E-state index contributed by atoms with van der Waals surface area (Å²) in [5.41, 5.74) is 0. The second-order valence-corrected chi connectivity index (χ2v) is 6.37. The fourth-order valence-electron chi connectivity index (χ4n) is 2.03. The van der Waals surface area contributed by atoms with E-state index < -0.39 is 24.6 Å². The summed E-state index contributed by atoms with van der Waals surface area (Å²) < 4.78 is 10.9. The number of aliphatic hydroxyl groups is 3. The Morgan fingerprint density at radius 2 is 1.95 bits per heavy atom. The van der Waals surface area contributed by atoms with E-state index >= 15 is 0 Å². The van der Waals surface area contributed by atoms with Gasteiger partial charge in [0.15, 0.2) is 6.29 Å². The van der Waals surface area contributed by atoms with Crippen molar-refractivity contribution >= 4 is 11.8 Å². The molecule has 0 aromatic rings. The zero-order valence-corrected chi connectivity index (χ0v) is 13.1. The Morgan fingerprint density at radius 1 is 1.20 bits per heavy atom. The predicted octanol–water partition coefficient (Wildman–Crippen LogP) is 1.15. The number of aliphatic hydroxyl groups excluding tert-OH is 3. The molecule has 5 nitrogen and oxygen atoms in total. The summed E-state index contributed by atoms with van der Waals surface area (Å²) in [7, 11) is 0. The highest BCUT2D eigenvalue weighted by atomic mass is 32.2. The van der Waals surface area contributed by atoms with E-state index in [9.17, 15) is 10.2 Å². The molecule has 0 spiro atoms. The van der Waals surface area contributed by atoms with Gasteiger partial charge in [0.2, 0.25) is 0 Å². The first-order valence-electron chi connectivity index (χ1n) is 7.50. The van der Waals surface area contributed by atoms with Crippen LogP contribution in [0.15, 0.2) is 0 Å². The number of hydrogen-bond acceptors (Lipinski definition) is 6. The lowest BCUT2D eigenvalue weighted by atomic mass is 10.0. The Morgan fingerprint density at radius 3 is 2.65 bits per heavy atom. The van der Waals surface area contributed by atoms with E-state index in [1.807, 2.05) is 11.8 Å². The van der Waals surface area contributed by atoms with Gasteiger partial charge in [0, 0.05) is 13.0 Å². The summed E-state index contributed by atoms with van der Waals surface area (Å²) in [6.45, 7) is 2.52. The van der Waals surface area contributed by atoms with E-state index in [1.165, 1.54) is 18.6 Å². The molecule has 120 valence electrons. The van der Waals surface area contributed by atoms with Gasteiger partial charge in [-0.05, 0) is 30.8 Å². The minimum Gasteiger partial charge on any atom is -0.394 e. The SMILES string of the molecule is CCCCSCCCCO[C@@H]1OC(CO)C[C@H](O)C1O. The van der Waals surface area contributed by atoms with Gasteiger partial charge in [-0.3, -0.25) is 0 Å². The zero-order chi connectivity index (χ0) is 14.8. The average Bonchev–Trinajstić information content (AvgIpc) is 2.45. The molecule has 1 saturated heterocycles. The van der Waals surface area contributed by atoms with Crippen molar-refractivity contribution in [2.24, 2.45) is 0 Å². The van der Waals surface area contributed by atoms with E-state index in [-0.39, 0.29) is 13.0 Å². The van der Waals surface area contributed by atoms with Crippen LogP contribution in [-0.2, 0) is 9.47 Å². The summed E-state index contributed by atoms with van der Waals surface area (Å²) in [6.07, 6.45) is 1.52. The summed E-state index contributed by atoms with van der Waals surface area (Å²) in [4.78, 5) is 0. The van der Waals surface area contributed by atoms with Gasteiger partial charge in [0.05, 0.1) is 18.8 Å². The predicted molar refractivity (Wildman–Crippen MR) is 79.8 cm³/mol. The quantitative estimate of drug-likeness (QED) is 0.525. The Hall–Kier alpha value is 0.150. The van der Waals surface area contributed by atoms with Gasteiger partial charge in [0.25, 0.3) is 0 Å². The van der Waals surface area contributed by atoms with Crippen LogP contribution in [0.5, 0.6) is 0 Å². The summed E-state index contributed by atoms with van der Waals surface area (Å²) >= 11 is 1.96. The fraction of sp³-hybridized carbons (Fsp3) is 1.00. The third-order valence-corrected chi connectivity index (χ3v) is 4.47. The molecule has 0 radical (unpaired) electrons. The highest BCUT2D eigenvalue weighted by molar-refractivity contribution is 7.99. The van der Waals surface area contributed by atoms with Crippen LogP contribution in [0.1, 0.15) is 39.0 Å². The molecule has 0 aromatic heterocycles. The molecule has 6 heteroatoms. The molecule has 20 heavy (non-hydrogen) atoms. The van der Waals surface area contributed by atoms with Crippen LogP contribution in [0.2, 0.25) is 0 Å². The van der Waals surface area contributed by atoms with Crippen LogP contribution >= 0.6 is 11.8 Å². The maximum Gasteiger partial charge on any atom is 0.186 e. The van der Waals surface area contributed by atoms with Crippen molar-refractivity contribution in [3.05, 3.63) is 0 Å². The van der Waals surface area contributed by atoms with E-state index in [0.717, 1.165) is 18.6 Å². The Kier molecular flexibility index (Phi) is 9.84. The fourth-order valence-corrected chi connectivity index (χ4v) is 3.13. The molecule has 0 saturated carbocycles. The van der Waals surface area contributed by atoms with E-state index in [1.54, 1.807) is 0 Å². The topological polar surface area (TPSA) is 79.2 Å². The number of hydrogen-bond donors (Lipinski definition) is 3. The molecular weight excluding hydrogens is 280 g/mol. The molecule has 3 N–H and O–H groups in total.